The van der Waals surface area contributed by atoms with Crippen molar-refractivity contribution in [2.45, 2.75) is 39.8 Å². The minimum absolute atomic E-state index is 0.0104. The standard InChI is InChI=1S/C9H20N2O2/c1-6(2)10-9(13)11-8(4)7(3)5-12/h6-8,12H,5H2,1-4H3,(H2,10,11,13). The molecule has 0 aliphatic heterocycles. The van der Waals surface area contributed by atoms with Crippen LogP contribution in [0.5, 0.6) is 0 Å². The van der Waals surface area contributed by atoms with Crippen LogP contribution in [0.15, 0.2) is 0 Å². The molecule has 0 rings (SSSR count). The molecule has 0 aliphatic carbocycles. The van der Waals surface area contributed by atoms with Crippen LogP contribution in [0.1, 0.15) is 27.7 Å². The van der Waals surface area contributed by atoms with Crippen LogP contribution >= 0.6 is 0 Å². The topological polar surface area (TPSA) is 61.4 Å². The van der Waals surface area contributed by atoms with E-state index in [0.717, 1.165) is 0 Å². The molecule has 0 aromatic heterocycles. The van der Waals surface area contributed by atoms with E-state index in [1.165, 1.54) is 0 Å². The number of aliphatic hydroxyl groups excluding tert-OH is 1. The Morgan fingerprint density at radius 3 is 2.15 bits per heavy atom. The third-order valence-corrected chi connectivity index (χ3v) is 1.92. The van der Waals surface area contributed by atoms with Gasteiger partial charge in [0.05, 0.1) is 0 Å². The van der Waals surface area contributed by atoms with Crippen molar-refractivity contribution in [3.05, 3.63) is 0 Å². The Morgan fingerprint density at radius 2 is 1.77 bits per heavy atom. The zero-order valence-electron chi connectivity index (χ0n) is 8.79. The Kier molecular flexibility index (Phi) is 5.46. The molecular weight excluding hydrogens is 168 g/mol. The lowest BCUT2D eigenvalue weighted by atomic mass is 10.1. The molecule has 0 aliphatic rings. The van der Waals surface area contributed by atoms with Crippen molar-refractivity contribution in [2.24, 2.45) is 5.92 Å². The molecule has 0 aromatic carbocycles. The van der Waals surface area contributed by atoms with Gasteiger partial charge in [-0.2, -0.15) is 0 Å². The number of amides is 2. The molecule has 2 amide bonds. The van der Waals surface area contributed by atoms with Crippen LogP contribution < -0.4 is 10.6 Å². The second-order valence-electron chi connectivity index (χ2n) is 3.72. The van der Waals surface area contributed by atoms with Gasteiger partial charge in [0.25, 0.3) is 0 Å². The van der Waals surface area contributed by atoms with Gasteiger partial charge in [-0.3, -0.25) is 0 Å². The molecule has 0 radical (unpaired) electrons. The number of carbonyl (C=O) groups is 1. The average Bonchev–Trinajstić information content (AvgIpc) is 2.01. The highest BCUT2D eigenvalue weighted by Crippen LogP contribution is 1.99. The van der Waals surface area contributed by atoms with E-state index in [4.69, 9.17) is 5.11 Å². The van der Waals surface area contributed by atoms with Gasteiger partial charge in [0, 0.05) is 18.7 Å². The van der Waals surface area contributed by atoms with Gasteiger partial charge >= 0.3 is 6.03 Å². The highest BCUT2D eigenvalue weighted by atomic mass is 16.3. The van der Waals surface area contributed by atoms with E-state index >= 15 is 0 Å². The molecule has 3 N–H and O–H groups in total. The molecule has 0 saturated carbocycles. The number of aliphatic hydroxyl groups is 1. The fourth-order valence-corrected chi connectivity index (χ4v) is 0.811. The zero-order chi connectivity index (χ0) is 10.4. The summed E-state index contributed by atoms with van der Waals surface area (Å²) in [5.41, 5.74) is 0. The van der Waals surface area contributed by atoms with Crippen LogP contribution in [0.4, 0.5) is 4.79 Å². The maximum atomic E-state index is 11.2. The Bertz CT molecular complexity index is 160. The smallest absolute Gasteiger partial charge is 0.315 e. The van der Waals surface area contributed by atoms with Crippen LogP contribution in [0.2, 0.25) is 0 Å². The van der Waals surface area contributed by atoms with E-state index in [1.54, 1.807) is 0 Å². The summed E-state index contributed by atoms with van der Waals surface area (Å²) < 4.78 is 0. The summed E-state index contributed by atoms with van der Waals surface area (Å²) in [5.74, 6) is 0.0814. The van der Waals surface area contributed by atoms with Gasteiger partial charge in [-0.1, -0.05) is 6.92 Å². The van der Waals surface area contributed by atoms with E-state index in [9.17, 15) is 4.79 Å². The van der Waals surface area contributed by atoms with E-state index in [2.05, 4.69) is 10.6 Å². The Hall–Kier alpha value is -0.770. The first-order chi connectivity index (χ1) is 5.97. The van der Waals surface area contributed by atoms with Gasteiger partial charge in [-0.15, -0.1) is 0 Å². The monoisotopic (exact) mass is 188 g/mol. The average molecular weight is 188 g/mol. The first-order valence-corrected chi connectivity index (χ1v) is 4.65. The molecule has 0 spiro atoms. The molecule has 2 unspecified atom stereocenters. The van der Waals surface area contributed by atoms with Gasteiger partial charge < -0.3 is 15.7 Å². The lowest BCUT2D eigenvalue weighted by Crippen LogP contribution is -2.46. The zero-order valence-corrected chi connectivity index (χ0v) is 8.79. The Morgan fingerprint density at radius 1 is 1.23 bits per heavy atom. The van der Waals surface area contributed by atoms with Crippen molar-refractivity contribution in [1.29, 1.82) is 0 Å². The highest BCUT2D eigenvalue weighted by molar-refractivity contribution is 5.74. The van der Waals surface area contributed by atoms with Gasteiger partial charge in [-0.25, -0.2) is 4.79 Å². The number of hydrogen-bond donors (Lipinski definition) is 3. The summed E-state index contributed by atoms with van der Waals surface area (Å²) in [5, 5.41) is 14.3. The fourth-order valence-electron chi connectivity index (χ4n) is 0.811. The van der Waals surface area contributed by atoms with E-state index in [0.29, 0.717) is 0 Å². The third-order valence-electron chi connectivity index (χ3n) is 1.92. The fraction of sp³-hybridized carbons (Fsp3) is 0.889. The second-order valence-corrected chi connectivity index (χ2v) is 3.72. The van der Waals surface area contributed by atoms with Crippen LogP contribution in [-0.4, -0.2) is 29.8 Å². The normalized spacial score (nSPS) is 15.2. The van der Waals surface area contributed by atoms with Crippen molar-refractivity contribution in [1.82, 2.24) is 10.6 Å². The van der Waals surface area contributed by atoms with E-state index in [1.807, 2.05) is 27.7 Å². The summed E-state index contributed by atoms with van der Waals surface area (Å²) in [4.78, 5) is 11.2. The van der Waals surface area contributed by atoms with Crippen molar-refractivity contribution >= 4 is 6.03 Å². The van der Waals surface area contributed by atoms with Gasteiger partial charge in [-0.05, 0) is 26.7 Å². The minimum atomic E-state index is -0.178. The molecule has 0 heterocycles. The van der Waals surface area contributed by atoms with Crippen molar-refractivity contribution in [2.75, 3.05) is 6.61 Å². The van der Waals surface area contributed by atoms with E-state index < -0.39 is 0 Å². The van der Waals surface area contributed by atoms with Gasteiger partial charge in [0.2, 0.25) is 0 Å². The van der Waals surface area contributed by atoms with Crippen molar-refractivity contribution in [3.63, 3.8) is 0 Å². The number of hydrogen-bond acceptors (Lipinski definition) is 2. The molecule has 4 heteroatoms. The number of carbonyl (C=O) groups excluding carboxylic acids is 1. The lowest BCUT2D eigenvalue weighted by Gasteiger charge is -2.20. The molecule has 0 saturated heterocycles. The number of rotatable bonds is 4. The quantitative estimate of drug-likeness (QED) is 0.608. The van der Waals surface area contributed by atoms with E-state index in [-0.39, 0.29) is 30.6 Å². The highest BCUT2D eigenvalue weighted by Gasteiger charge is 2.13. The van der Waals surface area contributed by atoms with Crippen molar-refractivity contribution < 1.29 is 9.90 Å². The molecule has 78 valence electrons. The van der Waals surface area contributed by atoms with Crippen LogP contribution in [0, 0.1) is 5.92 Å². The molecule has 13 heavy (non-hydrogen) atoms. The molecule has 4 nitrogen and oxygen atoms in total. The lowest BCUT2D eigenvalue weighted by molar-refractivity contribution is 0.199. The molecular formula is C9H20N2O2. The predicted molar refractivity (Wildman–Crippen MR) is 52.5 cm³/mol. The largest absolute Gasteiger partial charge is 0.396 e. The molecule has 0 aromatic rings. The SMILES string of the molecule is CC(C)NC(=O)NC(C)C(C)CO. The van der Waals surface area contributed by atoms with Gasteiger partial charge in [0.15, 0.2) is 0 Å². The summed E-state index contributed by atoms with van der Waals surface area (Å²) in [7, 11) is 0. The minimum Gasteiger partial charge on any atom is -0.396 e. The van der Waals surface area contributed by atoms with Gasteiger partial charge in [0.1, 0.15) is 0 Å². The molecule has 2 atom stereocenters. The summed E-state index contributed by atoms with van der Waals surface area (Å²) in [6, 6.07) is -0.0526. The molecule has 0 fully saturated rings. The summed E-state index contributed by atoms with van der Waals surface area (Å²) >= 11 is 0. The van der Waals surface area contributed by atoms with Crippen molar-refractivity contribution in [3.8, 4) is 0 Å². The first kappa shape index (κ1) is 12.2. The van der Waals surface area contributed by atoms with Crippen LogP contribution in [0.3, 0.4) is 0 Å². The number of urea groups is 1. The number of nitrogens with one attached hydrogen (secondary N) is 2. The maximum Gasteiger partial charge on any atom is 0.315 e. The summed E-state index contributed by atoms with van der Waals surface area (Å²) in [6.07, 6.45) is 0. The summed E-state index contributed by atoms with van der Waals surface area (Å²) in [6.45, 7) is 7.66. The van der Waals surface area contributed by atoms with Crippen LogP contribution in [-0.2, 0) is 0 Å². The Balaban J connectivity index is 3.77. The maximum absolute atomic E-state index is 11.2. The first-order valence-electron chi connectivity index (χ1n) is 4.65. The Labute approximate surface area is 79.7 Å². The molecule has 0 bridgehead atoms. The van der Waals surface area contributed by atoms with Crippen LogP contribution in [0.25, 0.3) is 0 Å². The second kappa shape index (κ2) is 5.80. The predicted octanol–water partition coefficient (Wildman–Crippen LogP) is 0.711. The third kappa shape index (κ3) is 5.47.